The van der Waals surface area contributed by atoms with Crippen LogP contribution in [-0.4, -0.2) is 25.4 Å². The van der Waals surface area contributed by atoms with E-state index in [1.807, 2.05) is 55.5 Å². The maximum absolute atomic E-state index is 5.74. The monoisotopic (exact) mass is 427 g/mol. The van der Waals surface area contributed by atoms with Gasteiger partial charge in [0.15, 0.2) is 5.82 Å². The summed E-state index contributed by atoms with van der Waals surface area (Å²) in [6.07, 6.45) is 0. The second kappa shape index (κ2) is 7.43. The number of benzene rings is 2. The minimum Gasteiger partial charge on any atom is -0.420 e. The van der Waals surface area contributed by atoms with Crippen molar-refractivity contribution in [2.75, 3.05) is 0 Å². The number of rotatable bonds is 5. The van der Waals surface area contributed by atoms with Crippen LogP contribution in [0.3, 0.4) is 0 Å². The first-order valence-corrected chi connectivity index (χ1v) is 9.66. The lowest BCUT2D eigenvalue weighted by Crippen LogP contribution is -1.82. The molecule has 0 atom stereocenters. The molecule has 0 fully saturated rings. The summed E-state index contributed by atoms with van der Waals surface area (Å²) in [6, 6.07) is 15.9. The Hall–Kier alpha value is -2.45. The SMILES string of the molecule is Cc1cccc(-c2nnc(CSc3n[nH]c(-c4ccc(Br)cc4)n3)o2)c1. The van der Waals surface area contributed by atoms with E-state index in [1.54, 1.807) is 0 Å². The first-order chi connectivity index (χ1) is 12.7. The maximum Gasteiger partial charge on any atom is 0.247 e. The zero-order valence-electron chi connectivity index (χ0n) is 13.8. The van der Waals surface area contributed by atoms with Gasteiger partial charge in [0.25, 0.3) is 0 Å². The fraction of sp³-hybridized carbons (Fsp3) is 0.111. The summed E-state index contributed by atoms with van der Waals surface area (Å²) >= 11 is 4.87. The van der Waals surface area contributed by atoms with Gasteiger partial charge in [-0.2, -0.15) is 0 Å². The number of halogens is 1. The first kappa shape index (κ1) is 17.0. The van der Waals surface area contributed by atoms with Crippen LogP contribution in [0.1, 0.15) is 11.5 Å². The number of hydrogen-bond acceptors (Lipinski definition) is 6. The molecule has 0 unspecified atom stereocenters. The molecule has 1 N–H and O–H groups in total. The van der Waals surface area contributed by atoms with Crippen molar-refractivity contribution in [2.24, 2.45) is 0 Å². The van der Waals surface area contributed by atoms with E-state index in [9.17, 15) is 0 Å². The Kier molecular flexibility index (Phi) is 4.85. The van der Waals surface area contributed by atoms with E-state index in [2.05, 4.69) is 41.3 Å². The molecule has 0 aliphatic carbocycles. The quantitative estimate of drug-likeness (QED) is 0.456. The van der Waals surface area contributed by atoms with Crippen LogP contribution in [0.15, 0.2) is 62.6 Å². The van der Waals surface area contributed by atoms with Gasteiger partial charge in [-0.05, 0) is 31.2 Å². The standard InChI is InChI=1S/C18H14BrN5OS/c1-11-3-2-4-13(9-11)17-23-21-15(25-17)10-26-18-20-16(22-24-18)12-5-7-14(19)8-6-12/h2-9H,10H2,1H3,(H,20,22,24). The van der Waals surface area contributed by atoms with E-state index in [1.165, 1.54) is 11.8 Å². The van der Waals surface area contributed by atoms with Crippen molar-refractivity contribution in [2.45, 2.75) is 17.8 Å². The molecule has 2 aromatic carbocycles. The van der Waals surface area contributed by atoms with Crippen LogP contribution in [0.5, 0.6) is 0 Å². The number of aryl methyl sites for hydroxylation is 1. The second-order valence-electron chi connectivity index (χ2n) is 5.63. The van der Waals surface area contributed by atoms with Gasteiger partial charge >= 0.3 is 0 Å². The molecule has 2 aromatic heterocycles. The van der Waals surface area contributed by atoms with Crippen LogP contribution in [0.25, 0.3) is 22.8 Å². The third-order valence-electron chi connectivity index (χ3n) is 3.64. The molecule has 0 spiro atoms. The van der Waals surface area contributed by atoms with E-state index in [0.29, 0.717) is 22.7 Å². The molecule has 4 aromatic rings. The Morgan fingerprint density at radius 1 is 1.08 bits per heavy atom. The van der Waals surface area contributed by atoms with Crippen molar-refractivity contribution in [3.05, 3.63) is 64.5 Å². The van der Waals surface area contributed by atoms with Crippen LogP contribution in [0.4, 0.5) is 0 Å². The molecule has 26 heavy (non-hydrogen) atoms. The molecular weight excluding hydrogens is 414 g/mol. The summed E-state index contributed by atoms with van der Waals surface area (Å²) in [4.78, 5) is 4.49. The van der Waals surface area contributed by atoms with Crippen molar-refractivity contribution in [3.63, 3.8) is 0 Å². The van der Waals surface area contributed by atoms with Gasteiger partial charge in [-0.1, -0.05) is 57.5 Å². The summed E-state index contributed by atoms with van der Waals surface area (Å²) in [7, 11) is 0. The molecule has 8 heteroatoms. The molecule has 4 rings (SSSR count). The van der Waals surface area contributed by atoms with E-state index in [0.717, 1.165) is 27.0 Å². The molecule has 0 bridgehead atoms. The van der Waals surface area contributed by atoms with Crippen LogP contribution >= 0.6 is 27.7 Å². The molecule has 6 nitrogen and oxygen atoms in total. The van der Waals surface area contributed by atoms with Gasteiger partial charge in [0.05, 0.1) is 5.75 Å². The Balaban J connectivity index is 1.43. The van der Waals surface area contributed by atoms with Gasteiger partial charge in [0, 0.05) is 15.6 Å². The minimum absolute atomic E-state index is 0.510. The smallest absolute Gasteiger partial charge is 0.247 e. The summed E-state index contributed by atoms with van der Waals surface area (Å²) in [5.74, 6) is 2.30. The van der Waals surface area contributed by atoms with Gasteiger partial charge < -0.3 is 4.42 Å². The molecule has 0 amide bonds. The van der Waals surface area contributed by atoms with Crippen molar-refractivity contribution in [1.29, 1.82) is 0 Å². The lowest BCUT2D eigenvalue weighted by molar-refractivity contribution is 0.528. The van der Waals surface area contributed by atoms with E-state index < -0.39 is 0 Å². The van der Waals surface area contributed by atoms with Crippen LogP contribution in [0, 0.1) is 6.92 Å². The number of aromatic amines is 1. The largest absolute Gasteiger partial charge is 0.420 e. The highest BCUT2D eigenvalue weighted by atomic mass is 79.9. The highest BCUT2D eigenvalue weighted by Crippen LogP contribution is 2.25. The number of thioether (sulfide) groups is 1. The normalized spacial score (nSPS) is 11.0. The lowest BCUT2D eigenvalue weighted by atomic mass is 10.1. The topological polar surface area (TPSA) is 80.5 Å². The average molecular weight is 428 g/mol. The maximum atomic E-state index is 5.74. The van der Waals surface area contributed by atoms with Crippen molar-refractivity contribution < 1.29 is 4.42 Å². The van der Waals surface area contributed by atoms with E-state index >= 15 is 0 Å². The molecule has 2 heterocycles. The number of hydrogen-bond donors (Lipinski definition) is 1. The number of nitrogens with zero attached hydrogens (tertiary/aromatic N) is 4. The minimum atomic E-state index is 0.510. The molecule has 0 saturated heterocycles. The first-order valence-electron chi connectivity index (χ1n) is 7.88. The molecule has 0 saturated carbocycles. The van der Waals surface area contributed by atoms with Gasteiger partial charge in [0.1, 0.15) is 0 Å². The number of aromatic nitrogens is 5. The third-order valence-corrected chi connectivity index (χ3v) is 5.00. The Labute approximate surface area is 162 Å². The Morgan fingerprint density at radius 2 is 1.92 bits per heavy atom. The fourth-order valence-electron chi connectivity index (χ4n) is 2.38. The van der Waals surface area contributed by atoms with Gasteiger partial charge in [-0.15, -0.1) is 15.3 Å². The van der Waals surface area contributed by atoms with Crippen LogP contribution < -0.4 is 0 Å². The van der Waals surface area contributed by atoms with Crippen molar-refractivity contribution in [1.82, 2.24) is 25.4 Å². The summed E-state index contributed by atoms with van der Waals surface area (Å²) in [5.41, 5.74) is 3.05. The molecule has 0 aliphatic heterocycles. The Morgan fingerprint density at radius 3 is 2.73 bits per heavy atom. The lowest BCUT2D eigenvalue weighted by Gasteiger charge is -1.96. The van der Waals surface area contributed by atoms with Crippen molar-refractivity contribution >= 4 is 27.7 Å². The fourth-order valence-corrected chi connectivity index (χ4v) is 3.28. The van der Waals surface area contributed by atoms with Gasteiger partial charge in [-0.25, -0.2) is 4.98 Å². The number of H-pyrrole nitrogens is 1. The Bertz CT molecular complexity index is 1030. The second-order valence-corrected chi connectivity index (χ2v) is 7.49. The van der Waals surface area contributed by atoms with Gasteiger partial charge in [-0.3, -0.25) is 5.10 Å². The molecular formula is C18H14BrN5OS. The van der Waals surface area contributed by atoms with E-state index in [4.69, 9.17) is 4.42 Å². The summed E-state index contributed by atoms with van der Waals surface area (Å²) in [6.45, 7) is 2.03. The molecule has 130 valence electrons. The zero-order chi connectivity index (χ0) is 17.9. The van der Waals surface area contributed by atoms with Crippen LogP contribution in [-0.2, 0) is 5.75 Å². The molecule has 0 radical (unpaired) electrons. The van der Waals surface area contributed by atoms with Crippen molar-refractivity contribution in [3.8, 4) is 22.8 Å². The highest BCUT2D eigenvalue weighted by Gasteiger charge is 2.11. The van der Waals surface area contributed by atoms with Gasteiger partial charge in [0.2, 0.25) is 16.9 Å². The van der Waals surface area contributed by atoms with E-state index in [-0.39, 0.29) is 0 Å². The summed E-state index contributed by atoms with van der Waals surface area (Å²) in [5, 5.41) is 16.0. The predicted molar refractivity (Wildman–Crippen MR) is 104 cm³/mol. The average Bonchev–Trinajstić information content (AvgIpc) is 3.30. The molecule has 0 aliphatic rings. The summed E-state index contributed by atoms with van der Waals surface area (Å²) < 4.78 is 6.76. The predicted octanol–water partition coefficient (Wildman–Crippen LogP) is 4.88. The highest BCUT2D eigenvalue weighted by molar-refractivity contribution is 9.10. The third kappa shape index (κ3) is 3.86. The van der Waals surface area contributed by atoms with Crippen LogP contribution in [0.2, 0.25) is 0 Å². The number of nitrogens with one attached hydrogen (secondary N) is 1. The zero-order valence-corrected chi connectivity index (χ0v) is 16.2.